The Bertz CT molecular complexity index is 726. The standard InChI is InChI=1S/C28H46O3/c1-16(2)17(3)13-24(30)18(4)21-7-8-22-26-23(10-12-28(21,22)6)27(5)11-9-20(29)14-19(27)15-25(26)31/h15-18,20-24,26,29-30H,7-14H2,1-6H3/t17-,18+,20+,21-,22+,23+,24-,26+,27+,28-/m1/s1. The van der Waals surface area contributed by atoms with Crippen LogP contribution >= 0.6 is 0 Å². The zero-order chi connectivity index (χ0) is 22.7. The summed E-state index contributed by atoms with van der Waals surface area (Å²) >= 11 is 0. The van der Waals surface area contributed by atoms with Gasteiger partial charge in [-0.25, -0.2) is 0 Å². The average molecular weight is 431 g/mol. The summed E-state index contributed by atoms with van der Waals surface area (Å²) in [5.74, 6) is 3.29. The summed E-state index contributed by atoms with van der Waals surface area (Å²) < 4.78 is 0. The molecule has 0 radical (unpaired) electrons. The van der Waals surface area contributed by atoms with Crippen LogP contribution in [-0.4, -0.2) is 28.2 Å². The van der Waals surface area contributed by atoms with Crippen molar-refractivity contribution >= 4 is 5.78 Å². The molecule has 0 aromatic heterocycles. The lowest BCUT2D eigenvalue weighted by atomic mass is 9.46. The molecule has 0 bridgehead atoms. The van der Waals surface area contributed by atoms with E-state index in [1.54, 1.807) is 0 Å². The number of ketones is 1. The third kappa shape index (κ3) is 3.76. The molecular formula is C28H46O3. The highest BCUT2D eigenvalue weighted by Gasteiger charge is 2.61. The predicted octanol–water partition coefficient (Wildman–Crippen LogP) is 5.78. The summed E-state index contributed by atoms with van der Waals surface area (Å²) in [5.41, 5.74) is 1.48. The largest absolute Gasteiger partial charge is 0.393 e. The number of hydrogen-bond acceptors (Lipinski definition) is 3. The van der Waals surface area contributed by atoms with Gasteiger partial charge >= 0.3 is 0 Å². The van der Waals surface area contributed by atoms with E-state index in [9.17, 15) is 15.0 Å². The summed E-state index contributed by atoms with van der Waals surface area (Å²) in [6.45, 7) is 13.9. The van der Waals surface area contributed by atoms with Gasteiger partial charge in [-0.2, -0.15) is 0 Å². The van der Waals surface area contributed by atoms with Crippen LogP contribution in [0, 0.1) is 52.3 Å². The van der Waals surface area contributed by atoms with Crippen LogP contribution in [-0.2, 0) is 4.79 Å². The highest BCUT2D eigenvalue weighted by Crippen LogP contribution is 2.66. The van der Waals surface area contributed by atoms with Gasteiger partial charge in [0.25, 0.3) is 0 Å². The zero-order valence-corrected chi connectivity index (χ0v) is 20.7. The molecule has 0 aromatic rings. The zero-order valence-electron chi connectivity index (χ0n) is 20.7. The lowest BCUT2D eigenvalue weighted by Gasteiger charge is -2.57. The van der Waals surface area contributed by atoms with Crippen molar-refractivity contribution in [2.75, 3.05) is 0 Å². The summed E-state index contributed by atoms with van der Waals surface area (Å²) in [6, 6.07) is 0. The number of rotatable bonds is 5. The van der Waals surface area contributed by atoms with E-state index in [1.807, 2.05) is 6.08 Å². The summed E-state index contributed by atoms with van der Waals surface area (Å²) in [6.07, 6.45) is 9.46. The highest BCUT2D eigenvalue weighted by molar-refractivity contribution is 5.94. The molecule has 0 unspecified atom stereocenters. The minimum atomic E-state index is -0.274. The number of carbonyl (C=O) groups excluding carboxylic acids is 1. The molecule has 3 heteroatoms. The van der Waals surface area contributed by atoms with Crippen molar-refractivity contribution in [2.24, 2.45) is 52.3 Å². The van der Waals surface area contributed by atoms with Gasteiger partial charge in [0, 0.05) is 5.92 Å². The first kappa shape index (κ1) is 23.5. The van der Waals surface area contributed by atoms with Crippen molar-refractivity contribution in [3.63, 3.8) is 0 Å². The second kappa shape index (κ2) is 8.28. The first-order chi connectivity index (χ1) is 14.5. The molecule has 0 heterocycles. The molecule has 0 saturated heterocycles. The Labute approximate surface area is 190 Å². The SMILES string of the molecule is CC(C)[C@H](C)C[C@@H](O)[C@@H](C)[C@H]1CC[C@H]2[C@@H]3C(=O)C=C4C[C@@H](O)CC[C@]4(C)[C@H]3CC[C@]12C. The van der Waals surface area contributed by atoms with Crippen molar-refractivity contribution in [2.45, 2.75) is 105 Å². The molecule has 0 spiro atoms. The van der Waals surface area contributed by atoms with Gasteiger partial charge in [0.2, 0.25) is 0 Å². The second-order valence-electron chi connectivity index (χ2n) is 12.7. The Kier molecular flexibility index (Phi) is 6.27. The molecule has 176 valence electrons. The minimum Gasteiger partial charge on any atom is -0.393 e. The number of allylic oxidation sites excluding steroid dienone is 1. The van der Waals surface area contributed by atoms with E-state index in [2.05, 4.69) is 41.5 Å². The van der Waals surface area contributed by atoms with Gasteiger partial charge < -0.3 is 10.2 Å². The van der Waals surface area contributed by atoms with E-state index >= 15 is 0 Å². The Hall–Kier alpha value is -0.670. The molecule has 2 N–H and O–H groups in total. The molecule has 0 amide bonds. The second-order valence-corrected chi connectivity index (χ2v) is 12.7. The molecule has 31 heavy (non-hydrogen) atoms. The first-order valence-corrected chi connectivity index (χ1v) is 13.1. The van der Waals surface area contributed by atoms with E-state index in [0.29, 0.717) is 41.8 Å². The summed E-state index contributed by atoms with van der Waals surface area (Å²) in [7, 11) is 0. The minimum absolute atomic E-state index is 0.0923. The smallest absolute Gasteiger partial charge is 0.159 e. The van der Waals surface area contributed by atoms with Crippen LogP contribution < -0.4 is 0 Å². The quantitative estimate of drug-likeness (QED) is 0.581. The summed E-state index contributed by atoms with van der Waals surface area (Å²) in [5, 5.41) is 21.3. The van der Waals surface area contributed by atoms with Gasteiger partial charge in [-0.1, -0.05) is 47.1 Å². The van der Waals surface area contributed by atoms with Crippen molar-refractivity contribution in [3.8, 4) is 0 Å². The Balaban J connectivity index is 1.56. The van der Waals surface area contributed by atoms with Crippen LogP contribution in [0.1, 0.15) is 92.9 Å². The van der Waals surface area contributed by atoms with Gasteiger partial charge in [0.1, 0.15) is 0 Å². The molecule has 3 nitrogen and oxygen atoms in total. The maximum absolute atomic E-state index is 13.4. The Morgan fingerprint density at radius 3 is 2.42 bits per heavy atom. The highest BCUT2D eigenvalue weighted by atomic mass is 16.3. The third-order valence-corrected chi connectivity index (χ3v) is 11.0. The lowest BCUT2D eigenvalue weighted by molar-refractivity contribution is -0.135. The summed E-state index contributed by atoms with van der Waals surface area (Å²) in [4.78, 5) is 13.4. The fourth-order valence-electron chi connectivity index (χ4n) is 8.42. The number of hydrogen-bond donors (Lipinski definition) is 2. The van der Waals surface area contributed by atoms with Crippen LogP contribution in [0.3, 0.4) is 0 Å². The number of aliphatic hydroxyl groups excluding tert-OH is 2. The molecule has 4 aliphatic rings. The van der Waals surface area contributed by atoms with E-state index < -0.39 is 0 Å². The van der Waals surface area contributed by atoms with Crippen LogP contribution in [0.15, 0.2) is 11.6 Å². The van der Waals surface area contributed by atoms with Gasteiger partial charge in [-0.05, 0) is 104 Å². The average Bonchev–Trinajstić information content (AvgIpc) is 3.05. The van der Waals surface area contributed by atoms with Crippen LogP contribution in [0.5, 0.6) is 0 Å². The van der Waals surface area contributed by atoms with Crippen LogP contribution in [0.25, 0.3) is 0 Å². The van der Waals surface area contributed by atoms with E-state index in [-0.39, 0.29) is 34.9 Å². The molecule has 0 aromatic carbocycles. The van der Waals surface area contributed by atoms with Crippen LogP contribution in [0.2, 0.25) is 0 Å². The third-order valence-electron chi connectivity index (χ3n) is 11.0. The molecular weight excluding hydrogens is 384 g/mol. The Morgan fingerprint density at radius 2 is 1.74 bits per heavy atom. The maximum atomic E-state index is 13.4. The van der Waals surface area contributed by atoms with Gasteiger partial charge in [0.05, 0.1) is 12.2 Å². The van der Waals surface area contributed by atoms with Gasteiger partial charge in [0.15, 0.2) is 5.78 Å². The molecule has 4 aliphatic carbocycles. The normalized spacial score (nSPS) is 45.4. The number of aliphatic hydroxyl groups is 2. The lowest BCUT2D eigenvalue weighted by Crippen LogP contribution is -2.54. The van der Waals surface area contributed by atoms with Crippen molar-refractivity contribution < 1.29 is 15.0 Å². The number of carbonyl (C=O) groups is 1. The van der Waals surface area contributed by atoms with Crippen molar-refractivity contribution in [1.82, 2.24) is 0 Å². The monoisotopic (exact) mass is 430 g/mol. The maximum Gasteiger partial charge on any atom is 0.159 e. The predicted molar refractivity (Wildman–Crippen MR) is 125 cm³/mol. The van der Waals surface area contributed by atoms with E-state index in [4.69, 9.17) is 0 Å². The first-order valence-electron chi connectivity index (χ1n) is 13.1. The molecule has 3 fully saturated rings. The fourth-order valence-corrected chi connectivity index (χ4v) is 8.42. The van der Waals surface area contributed by atoms with Gasteiger partial charge in [-0.15, -0.1) is 0 Å². The van der Waals surface area contributed by atoms with E-state index in [0.717, 1.165) is 38.5 Å². The Morgan fingerprint density at radius 1 is 1.03 bits per heavy atom. The molecule has 4 rings (SSSR count). The van der Waals surface area contributed by atoms with Gasteiger partial charge in [-0.3, -0.25) is 4.79 Å². The molecule has 3 saturated carbocycles. The van der Waals surface area contributed by atoms with Crippen LogP contribution in [0.4, 0.5) is 0 Å². The molecule has 10 atom stereocenters. The molecule has 0 aliphatic heterocycles. The topological polar surface area (TPSA) is 57.5 Å². The van der Waals surface area contributed by atoms with Crippen molar-refractivity contribution in [1.29, 1.82) is 0 Å². The van der Waals surface area contributed by atoms with E-state index in [1.165, 1.54) is 12.0 Å². The number of fused-ring (bicyclic) bond motifs is 5. The fraction of sp³-hybridized carbons (Fsp3) is 0.893. The van der Waals surface area contributed by atoms with Crippen molar-refractivity contribution in [3.05, 3.63) is 11.6 Å².